The van der Waals surface area contributed by atoms with Crippen LogP contribution in [0.2, 0.25) is 0 Å². The number of halogens is 8. The van der Waals surface area contributed by atoms with Crippen LogP contribution in [0.15, 0.2) is 60.3 Å². The van der Waals surface area contributed by atoms with Crippen molar-refractivity contribution in [3.8, 4) is 0 Å². The van der Waals surface area contributed by atoms with Crippen LogP contribution in [-0.4, -0.2) is 90.6 Å². The summed E-state index contributed by atoms with van der Waals surface area (Å²) in [4.78, 5) is 12.7. The Morgan fingerprint density at radius 1 is 0.687 bits per heavy atom. The summed E-state index contributed by atoms with van der Waals surface area (Å²) in [6.45, 7) is 2.68. The highest BCUT2D eigenvalue weighted by Crippen LogP contribution is 2.53. The number of aliphatic carboxylic acids is 1. The maximum atomic E-state index is 15.8. The third-order valence-electron chi connectivity index (χ3n) is 11.9. The van der Waals surface area contributed by atoms with Crippen LogP contribution in [0.5, 0.6) is 0 Å². The predicted octanol–water partition coefficient (Wildman–Crippen LogP) is 9.56. The van der Waals surface area contributed by atoms with Crippen molar-refractivity contribution >= 4 is 53.4 Å². The van der Waals surface area contributed by atoms with Crippen LogP contribution in [-0.2, 0) is 58.3 Å². The van der Waals surface area contributed by atoms with Crippen molar-refractivity contribution in [1.29, 1.82) is 0 Å². The first-order chi connectivity index (χ1) is 30.8. The summed E-state index contributed by atoms with van der Waals surface area (Å²) in [7, 11) is -13.2. The van der Waals surface area contributed by atoms with Crippen LogP contribution in [0.3, 0.4) is 0 Å². The number of fused-ring (bicyclic) bond motifs is 2. The molecule has 24 heteroatoms. The van der Waals surface area contributed by atoms with Gasteiger partial charge in [-0.2, -0.15) is 56.2 Å². The normalized spacial score (nSPS) is 20.0. The predicted molar refractivity (Wildman–Crippen MR) is 233 cm³/mol. The highest BCUT2D eigenvalue weighted by Gasteiger charge is 2.54. The number of hydrogen-bond donors (Lipinski definition) is 4. The lowest BCUT2D eigenvalue weighted by Crippen LogP contribution is -2.33. The number of anilines is 1. The summed E-state index contributed by atoms with van der Waals surface area (Å²) in [5.41, 5.74) is -6.60. The van der Waals surface area contributed by atoms with E-state index in [1.165, 1.54) is 46.8 Å². The molecule has 2 aliphatic rings. The molecule has 0 spiro atoms. The largest absolute Gasteiger partial charge is 0.481 e. The number of nitrogens with zero attached hydrogens (tertiary/aromatic N) is 2. The Morgan fingerprint density at radius 2 is 1.25 bits per heavy atom. The Bertz CT molecular complexity index is 2630. The number of alkyl halides is 6. The van der Waals surface area contributed by atoms with Gasteiger partial charge in [-0.15, -0.1) is 0 Å². The van der Waals surface area contributed by atoms with Gasteiger partial charge in [0.05, 0.1) is 45.1 Å². The fraction of sp³-hybridized carbons (Fsp3) is 0.535. The third kappa shape index (κ3) is 14.9. The van der Waals surface area contributed by atoms with E-state index in [9.17, 15) is 74.4 Å². The van der Waals surface area contributed by atoms with E-state index < -0.39 is 111 Å². The molecule has 0 saturated carbocycles. The van der Waals surface area contributed by atoms with Crippen LogP contribution in [0.25, 0.3) is 0 Å². The third-order valence-corrected chi connectivity index (χ3v) is 14.3. The molecule has 2 unspecified atom stereocenters. The molecular weight excluding hydrogens is 969 g/mol. The molecule has 0 aliphatic carbocycles. The minimum Gasteiger partial charge on any atom is -0.481 e. The summed E-state index contributed by atoms with van der Waals surface area (Å²) >= 11 is 0. The first kappa shape index (κ1) is 55.4. The van der Waals surface area contributed by atoms with Gasteiger partial charge in [-0.1, -0.05) is 37.5 Å². The Balaban J connectivity index is 1.90. The summed E-state index contributed by atoms with van der Waals surface area (Å²) in [5, 5.41) is 9.13. The molecule has 67 heavy (non-hydrogen) atoms. The highest BCUT2D eigenvalue weighted by molar-refractivity contribution is 7.86. The van der Waals surface area contributed by atoms with E-state index in [4.69, 9.17) is 5.11 Å². The zero-order chi connectivity index (χ0) is 50.4. The van der Waals surface area contributed by atoms with Gasteiger partial charge in [-0.05, 0) is 77.0 Å². The van der Waals surface area contributed by atoms with E-state index in [0.717, 1.165) is 6.07 Å². The molecule has 2 heterocycles. The molecule has 13 nitrogen and oxygen atoms in total. The van der Waals surface area contributed by atoms with E-state index in [2.05, 4.69) is 0 Å². The lowest BCUT2D eigenvalue weighted by Gasteiger charge is -2.30. The molecule has 2 aromatic carbocycles. The average Bonchev–Trinajstić information content (AvgIpc) is 3.54. The van der Waals surface area contributed by atoms with Crippen LogP contribution < -0.4 is 4.90 Å². The standard InChI is InChI=1S/C43H52F8N2O11S3/c1-40(18-8-4-7-17-37(54)55)35(52(20-10-13-23-66(59,60)61)33-26-29(42(46,47)48)25-31(38(33)40)43(49,50)51)15-5-3-6-16-36-41(2,19-9-12-22-65(56,57)58)39-32(45)27-30(44)28-34(39)53(36)21-11-14-24-67(62,63)64/h3,5-6,15-16,25-28H,4,7-14,17-24H2,1-2H3,(H3-,54,55,56,57,58,59,60,61,62,63,64)/p+1. The number of unbranched alkanes of at least 4 members (excludes halogenated alkanes) is 5. The minimum atomic E-state index is -5.30. The molecular formula is C43H53F8N2O11S3+. The zero-order valence-corrected chi connectivity index (χ0v) is 39.0. The molecule has 2 aliphatic heterocycles. The molecule has 0 radical (unpaired) electrons. The Labute approximate surface area is 384 Å². The molecule has 0 saturated heterocycles. The fourth-order valence-electron chi connectivity index (χ4n) is 8.93. The quantitative estimate of drug-likeness (QED) is 0.0255. The van der Waals surface area contributed by atoms with Crippen LogP contribution in [0.4, 0.5) is 46.5 Å². The van der Waals surface area contributed by atoms with Crippen molar-refractivity contribution in [3.63, 3.8) is 0 Å². The topological polar surface area (TPSA) is 207 Å². The number of benzene rings is 2. The molecule has 374 valence electrons. The number of carbonyl (C=O) groups is 1. The van der Waals surface area contributed by atoms with E-state index >= 15 is 4.39 Å². The van der Waals surface area contributed by atoms with Crippen LogP contribution in [0.1, 0.15) is 113 Å². The molecule has 4 N–H and O–H groups in total. The van der Waals surface area contributed by atoms with Gasteiger partial charge >= 0.3 is 18.3 Å². The lowest BCUT2D eigenvalue weighted by atomic mass is 9.73. The van der Waals surface area contributed by atoms with Crippen molar-refractivity contribution in [2.24, 2.45) is 0 Å². The van der Waals surface area contributed by atoms with E-state index in [-0.39, 0.29) is 113 Å². The molecule has 4 rings (SSSR count). The maximum Gasteiger partial charge on any atom is 0.416 e. The van der Waals surface area contributed by atoms with Crippen molar-refractivity contribution < 1.29 is 88.5 Å². The molecule has 2 atom stereocenters. The second kappa shape index (κ2) is 21.6. The van der Waals surface area contributed by atoms with Gasteiger partial charge in [-0.3, -0.25) is 18.5 Å². The van der Waals surface area contributed by atoms with Crippen LogP contribution >= 0.6 is 0 Å². The fourth-order valence-corrected chi connectivity index (χ4v) is 10.6. The summed E-state index contributed by atoms with van der Waals surface area (Å²) in [5.74, 6) is -5.00. The van der Waals surface area contributed by atoms with Crippen LogP contribution in [0, 0.1) is 11.6 Å². The SMILES string of the molecule is CC1(CCCCCC(=O)O)C(/C=C/C=C/C=C2/N(CCCCS(=O)(=O)O)c3cc(F)cc(F)c3C2(C)CCCCS(=O)(=O)O)=[N+](CCCCS(=O)(=O)O)c2cc(C(F)(F)F)cc(C(F)(F)F)c21. The summed E-state index contributed by atoms with van der Waals surface area (Å²) in [6.07, 6.45) is -3.53. The zero-order valence-electron chi connectivity index (χ0n) is 36.5. The molecule has 0 bridgehead atoms. The van der Waals surface area contributed by atoms with Crippen molar-refractivity contribution in [1.82, 2.24) is 0 Å². The Morgan fingerprint density at radius 3 is 1.82 bits per heavy atom. The Kier molecular flexibility index (Phi) is 17.8. The Hall–Kier alpha value is -4.23. The second-order valence-corrected chi connectivity index (χ2v) is 21.7. The van der Waals surface area contributed by atoms with Gasteiger partial charge in [0.1, 0.15) is 18.2 Å². The van der Waals surface area contributed by atoms with Crippen molar-refractivity contribution in [2.75, 3.05) is 35.2 Å². The average molecular weight is 1020 g/mol. The second-order valence-electron chi connectivity index (χ2n) is 17.0. The van der Waals surface area contributed by atoms with Gasteiger partial charge in [0.2, 0.25) is 5.69 Å². The van der Waals surface area contributed by atoms with Gasteiger partial charge in [-0.25, -0.2) is 8.78 Å². The minimum absolute atomic E-state index is 0.0208. The number of hydrogen-bond acceptors (Lipinski definition) is 8. The highest BCUT2D eigenvalue weighted by atomic mass is 32.2. The monoisotopic (exact) mass is 1020 g/mol. The number of allylic oxidation sites excluding steroid dienone is 6. The summed E-state index contributed by atoms with van der Waals surface area (Å²) in [6, 6.07) is 2.32. The molecule has 0 fully saturated rings. The van der Waals surface area contributed by atoms with E-state index in [1.54, 1.807) is 6.92 Å². The first-order valence-electron chi connectivity index (χ1n) is 21.2. The van der Waals surface area contributed by atoms with E-state index in [1.807, 2.05) is 0 Å². The number of carboxylic acids is 1. The van der Waals surface area contributed by atoms with Gasteiger partial charge in [0.15, 0.2) is 5.71 Å². The van der Waals surface area contributed by atoms with Gasteiger partial charge in [0, 0.05) is 54.3 Å². The van der Waals surface area contributed by atoms with Crippen molar-refractivity contribution in [3.05, 3.63) is 94.2 Å². The van der Waals surface area contributed by atoms with Gasteiger partial charge < -0.3 is 10.0 Å². The smallest absolute Gasteiger partial charge is 0.416 e. The number of rotatable bonds is 24. The molecule has 0 aromatic heterocycles. The maximum absolute atomic E-state index is 15.8. The molecule has 2 aromatic rings. The van der Waals surface area contributed by atoms with Crippen molar-refractivity contribution in [2.45, 2.75) is 114 Å². The number of carboxylic acid groups (broad SMARTS) is 1. The van der Waals surface area contributed by atoms with E-state index in [0.29, 0.717) is 17.8 Å². The van der Waals surface area contributed by atoms with Gasteiger partial charge in [0.25, 0.3) is 30.4 Å². The lowest BCUT2D eigenvalue weighted by molar-refractivity contribution is -0.438. The first-order valence-corrected chi connectivity index (χ1v) is 26.0. The molecule has 0 amide bonds. The summed E-state index contributed by atoms with van der Waals surface area (Å²) < 4.78 is 216.